The van der Waals surface area contributed by atoms with Crippen LogP contribution in [0.5, 0.6) is 5.75 Å². The first-order chi connectivity index (χ1) is 10.6. The normalized spacial score (nSPS) is 10.3. The zero-order valence-electron chi connectivity index (χ0n) is 11.6. The summed E-state index contributed by atoms with van der Waals surface area (Å²) in [7, 11) is 0. The van der Waals surface area contributed by atoms with E-state index in [1.807, 2.05) is 0 Å². The first kappa shape index (κ1) is 16.6. The van der Waals surface area contributed by atoms with Crippen molar-refractivity contribution >= 4 is 29.1 Å². The smallest absolute Gasteiger partial charge is 0.224 e. The Morgan fingerprint density at radius 3 is 2.45 bits per heavy atom. The Hall–Kier alpha value is -1.78. The number of ether oxygens (including phenoxy) is 1. The van der Waals surface area contributed by atoms with Crippen LogP contribution >= 0.6 is 23.2 Å². The summed E-state index contributed by atoms with van der Waals surface area (Å²) in [6.07, 6.45) is 0.0816. The van der Waals surface area contributed by atoms with Gasteiger partial charge in [-0.3, -0.25) is 4.79 Å². The highest BCUT2D eigenvalue weighted by Gasteiger charge is 2.10. The van der Waals surface area contributed by atoms with E-state index in [1.165, 1.54) is 12.1 Å². The first-order valence-corrected chi connectivity index (χ1v) is 7.40. The molecule has 0 aromatic heterocycles. The van der Waals surface area contributed by atoms with Gasteiger partial charge in [0.2, 0.25) is 5.91 Å². The average Bonchev–Trinajstić information content (AvgIpc) is 2.49. The van der Waals surface area contributed by atoms with Crippen LogP contribution in [0.2, 0.25) is 10.0 Å². The van der Waals surface area contributed by atoms with Gasteiger partial charge in [-0.05, 0) is 29.8 Å². The lowest BCUT2D eigenvalue weighted by Crippen LogP contribution is -2.29. The maximum atomic E-state index is 13.3. The molecular formula is C16H14Cl2FNO2. The highest BCUT2D eigenvalue weighted by molar-refractivity contribution is 6.36. The molecule has 0 radical (unpaired) electrons. The molecule has 0 aliphatic rings. The minimum absolute atomic E-state index is 0.0816. The van der Waals surface area contributed by atoms with Crippen molar-refractivity contribution in [3.63, 3.8) is 0 Å². The fourth-order valence-corrected chi connectivity index (χ4v) is 2.37. The lowest BCUT2D eigenvalue weighted by atomic mass is 10.1. The van der Waals surface area contributed by atoms with E-state index in [0.717, 1.165) is 0 Å². The van der Waals surface area contributed by atoms with Crippen molar-refractivity contribution < 1.29 is 13.9 Å². The Balaban J connectivity index is 1.78. The van der Waals surface area contributed by atoms with E-state index < -0.39 is 5.82 Å². The van der Waals surface area contributed by atoms with Crippen LogP contribution in [-0.2, 0) is 11.2 Å². The van der Waals surface area contributed by atoms with Crippen molar-refractivity contribution in [2.75, 3.05) is 13.2 Å². The SMILES string of the molecule is O=C(Cc1c(Cl)cccc1Cl)NCCOc1ccccc1F. The number of para-hydroxylation sites is 1. The summed E-state index contributed by atoms with van der Waals surface area (Å²) in [6.45, 7) is 0.429. The molecule has 3 nitrogen and oxygen atoms in total. The highest BCUT2D eigenvalue weighted by Crippen LogP contribution is 2.24. The molecule has 0 fully saturated rings. The molecule has 0 aliphatic carbocycles. The number of halogens is 3. The van der Waals surface area contributed by atoms with Gasteiger partial charge >= 0.3 is 0 Å². The van der Waals surface area contributed by atoms with Crippen molar-refractivity contribution in [3.05, 3.63) is 63.9 Å². The van der Waals surface area contributed by atoms with Crippen molar-refractivity contribution in [1.29, 1.82) is 0 Å². The molecule has 0 aliphatic heterocycles. The summed E-state index contributed by atoms with van der Waals surface area (Å²) < 4.78 is 18.6. The number of benzene rings is 2. The zero-order chi connectivity index (χ0) is 15.9. The van der Waals surface area contributed by atoms with Gasteiger partial charge in [-0.1, -0.05) is 41.4 Å². The van der Waals surface area contributed by atoms with Gasteiger partial charge in [-0.15, -0.1) is 0 Å². The third-order valence-corrected chi connectivity index (χ3v) is 3.63. The van der Waals surface area contributed by atoms with Crippen LogP contribution in [0.1, 0.15) is 5.56 Å². The molecule has 0 unspecified atom stereocenters. The van der Waals surface area contributed by atoms with Crippen molar-refractivity contribution in [1.82, 2.24) is 5.32 Å². The van der Waals surface area contributed by atoms with Gasteiger partial charge in [0.25, 0.3) is 0 Å². The van der Waals surface area contributed by atoms with Crippen LogP contribution in [0, 0.1) is 5.82 Å². The first-order valence-electron chi connectivity index (χ1n) is 6.65. The Kier molecular flexibility index (Phi) is 6.04. The van der Waals surface area contributed by atoms with Gasteiger partial charge in [0, 0.05) is 10.0 Å². The highest BCUT2D eigenvalue weighted by atomic mass is 35.5. The van der Waals surface area contributed by atoms with E-state index >= 15 is 0 Å². The predicted molar refractivity (Wildman–Crippen MR) is 85.1 cm³/mol. The lowest BCUT2D eigenvalue weighted by Gasteiger charge is -2.09. The second-order valence-electron chi connectivity index (χ2n) is 4.51. The molecule has 0 heterocycles. The summed E-state index contributed by atoms with van der Waals surface area (Å²) >= 11 is 12.0. The second kappa shape index (κ2) is 8.01. The predicted octanol–water partition coefficient (Wildman–Crippen LogP) is 3.87. The van der Waals surface area contributed by atoms with E-state index in [9.17, 15) is 9.18 Å². The largest absolute Gasteiger partial charge is 0.489 e. The molecule has 1 N–H and O–H groups in total. The average molecular weight is 342 g/mol. The molecule has 0 bridgehead atoms. The molecule has 1 amide bonds. The van der Waals surface area contributed by atoms with Gasteiger partial charge in [-0.2, -0.15) is 0 Å². The molecule has 0 saturated carbocycles. The van der Waals surface area contributed by atoms with Crippen LogP contribution in [-0.4, -0.2) is 19.1 Å². The van der Waals surface area contributed by atoms with Crippen LogP contribution in [0.3, 0.4) is 0 Å². The molecule has 2 aromatic rings. The Morgan fingerprint density at radius 2 is 1.77 bits per heavy atom. The second-order valence-corrected chi connectivity index (χ2v) is 5.32. The Bertz CT molecular complexity index is 644. The third kappa shape index (κ3) is 4.61. The van der Waals surface area contributed by atoms with Gasteiger partial charge < -0.3 is 10.1 Å². The lowest BCUT2D eigenvalue weighted by molar-refractivity contribution is -0.120. The van der Waals surface area contributed by atoms with E-state index in [1.54, 1.807) is 30.3 Å². The summed E-state index contributed by atoms with van der Waals surface area (Å²) in [6, 6.07) is 11.2. The van der Waals surface area contributed by atoms with Crippen molar-refractivity contribution in [2.24, 2.45) is 0 Å². The number of nitrogens with one attached hydrogen (secondary N) is 1. The maximum Gasteiger partial charge on any atom is 0.224 e. The minimum atomic E-state index is -0.434. The summed E-state index contributed by atoms with van der Waals surface area (Å²) in [5.74, 6) is -0.505. The van der Waals surface area contributed by atoms with E-state index in [2.05, 4.69) is 5.32 Å². The van der Waals surface area contributed by atoms with Crippen LogP contribution in [0.4, 0.5) is 4.39 Å². The minimum Gasteiger partial charge on any atom is -0.489 e. The Labute approximate surface area is 138 Å². The van der Waals surface area contributed by atoms with Crippen molar-refractivity contribution in [3.8, 4) is 5.75 Å². The Morgan fingerprint density at radius 1 is 1.09 bits per heavy atom. The van der Waals surface area contributed by atoms with Crippen LogP contribution in [0.15, 0.2) is 42.5 Å². The molecule has 22 heavy (non-hydrogen) atoms. The quantitative estimate of drug-likeness (QED) is 0.810. The van der Waals surface area contributed by atoms with Gasteiger partial charge in [-0.25, -0.2) is 4.39 Å². The van der Waals surface area contributed by atoms with Gasteiger partial charge in [0.05, 0.1) is 13.0 Å². The number of rotatable bonds is 6. The molecule has 2 rings (SSSR count). The zero-order valence-corrected chi connectivity index (χ0v) is 13.1. The number of amides is 1. The molecule has 0 saturated heterocycles. The molecule has 0 atom stereocenters. The molecule has 116 valence electrons. The summed E-state index contributed by atoms with van der Waals surface area (Å²) in [4.78, 5) is 11.8. The van der Waals surface area contributed by atoms with Crippen LogP contribution in [0.25, 0.3) is 0 Å². The van der Waals surface area contributed by atoms with Crippen LogP contribution < -0.4 is 10.1 Å². The topological polar surface area (TPSA) is 38.3 Å². The van der Waals surface area contributed by atoms with Gasteiger partial charge in [0.15, 0.2) is 11.6 Å². The monoisotopic (exact) mass is 341 g/mol. The molecular weight excluding hydrogens is 328 g/mol. The van der Waals surface area contributed by atoms with Gasteiger partial charge in [0.1, 0.15) is 6.61 Å². The number of carbonyl (C=O) groups is 1. The standard InChI is InChI=1S/C16H14Cl2FNO2/c17-12-4-3-5-13(18)11(12)10-16(21)20-8-9-22-15-7-2-1-6-14(15)19/h1-7H,8-10H2,(H,20,21). The molecule has 6 heteroatoms. The summed E-state index contributed by atoms with van der Waals surface area (Å²) in [5, 5.41) is 3.57. The molecule has 2 aromatic carbocycles. The number of hydrogen-bond donors (Lipinski definition) is 1. The maximum absolute atomic E-state index is 13.3. The number of carbonyl (C=O) groups excluding carboxylic acids is 1. The number of hydrogen-bond acceptors (Lipinski definition) is 2. The fourth-order valence-electron chi connectivity index (χ4n) is 1.84. The van der Waals surface area contributed by atoms with E-state index in [0.29, 0.717) is 15.6 Å². The summed E-state index contributed by atoms with van der Waals surface area (Å²) in [5.41, 5.74) is 0.582. The van der Waals surface area contributed by atoms with E-state index in [4.69, 9.17) is 27.9 Å². The van der Waals surface area contributed by atoms with Crippen molar-refractivity contribution in [2.45, 2.75) is 6.42 Å². The fraction of sp³-hybridized carbons (Fsp3) is 0.188. The molecule has 0 spiro atoms. The third-order valence-electron chi connectivity index (χ3n) is 2.92. The van der Waals surface area contributed by atoms with E-state index in [-0.39, 0.29) is 31.2 Å².